The van der Waals surface area contributed by atoms with Crippen molar-refractivity contribution in [3.63, 3.8) is 0 Å². The Morgan fingerprint density at radius 3 is 3.00 bits per heavy atom. The molecule has 0 bridgehead atoms. The van der Waals surface area contributed by atoms with Crippen molar-refractivity contribution in [2.45, 2.75) is 20.0 Å². The van der Waals surface area contributed by atoms with E-state index in [-0.39, 0.29) is 12.0 Å². The molecule has 6 heteroatoms. The van der Waals surface area contributed by atoms with E-state index in [4.69, 9.17) is 4.74 Å². The standard InChI is InChI=1S/C11H15BrN2O2S/c1-7-10(17-8(2)13-7)11(15)14-3-4-16-9(5-12)6-14/h9H,3-6H2,1-2H3. The van der Waals surface area contributed by atoms with Crippen LogP contribution in [0.1, 0.15) is 20.4 Å². The van der Waals surface area contributed by atoms with Gasteiger partial charge in [-0.1, -0.05) is 15.9 Å². The number of hydrogen-bond acceptors (Lipinski definition) is 4. The molecule has 1 saturated heterocycles. The van der Waals surface area contributed by atoms with Crippen molar-refractivity contribution >= 4 is 33.2 Å². The lowest BCUT2D eigenvalue weighted by atomic mass is 10.2. The second-order valence-electron chi connectivity index (χ2n) is 4.05. The third kappa shape index (κ3) is 2.86. The molecule has 1 aliphatic heterocycles. The van der Waals surface area contributed by atoms with Crippen LogP contribution in [-0.2, 0) is 4.74 Å². The summed E-state index contributed by atoms with van der Waals surface area (Å²) < 4.78 is 5.53. The van der Waals surface area contributed by atoms with E-state index in [9.17, 15) is 4.79 Å². The predicted molar refractivity (Wildman–Crippen MR) is 71.0 cm³/mol. The molecule has 1 fully saturated rings. The van der Waals surface area contributed by atoms with E-state index >= 15 is 0 Å². The Balaban J connectivity index is 2.12. The van der Waals surface area contributed by atoms with Gasteiger partial charge < -0.3 is 9.64 Å². The van der Waals surface area contributed by atoms with E-state index in [2.05, 4.69) is 20.9 Å². The van der Waals surface area contributed by atoms with E-state index in [1.54, 1.807) is 0 Å². The lowest BCUT2D eigenvalue weighted by Gasteiger charge is -2.31. The molecule has 0 aromatic carbocycles. The average molecular weight is 319 g/mol. The van der Waals surface area contributed by atoms with Crippen molar-refractivity contribution in [2.75, 3.05) is 25.0 Å². The fraction of sp³-hybridized carbons (Fsp3) is 0.636. The van der Waals surface area contributed by atoms with Gasteiger partial charge in [0.15, 0.2) is 0 Å². The topological polar surface area (TPSA) is 42.4 Å². The molecule has 2 rings (SSSR count). The third-order valence-electron chi connectivity index (χ3n) is 2.70. The molecule has 1 aromatic heterocycles. The van der Waals surface area contributed by atoms with Crippen molar-refractivity contribution in [3.8, 4) is 0 Å². The third-order valence-corrected chi connectivity index (χ3v) is 4.48. The van der Waals surface area contributed by atoms with Crippen molar-refractivity contribution in [1.29, 1.82) is 0 Å². The van der Waals surface area contributed by atoms with Crippen LogP contribution in [0.2, 0.25) is 0 Å². The van der Waals surface area contributed by atoms with Crippen molar-refractivity contribution in [1.82, 2.24) is 9.88 Å². The maximum atomic E-state index is 12.3. The molecular weight excluding hydrogens is 304 g/mol. The van der Waals surface area contributed by atoms with Gasteiger partial charge in [0.25, 0.3) is 5.91 Å². The van der Waals surface area contributed by atoms with Crippen molar-refractivity contribution in [2.24, 2.45) is 0 Å². The lowest BCUT2D eigenvalue weighted by molar-refractivity contribution is -0.00949. The summed E-state index contributed by atoms with van der Waals surface area (Å²) in [5.41, 5.74) is 0.833. The molecular formula is C11H15BrN2O2S. The van der Waals surface area contributed by atoms with Gasteiger partial charge in [-0.2, -0.15) is 0 Å². The van der Waals surface area contributed by atoms with Crippen LogP contribution in [0.4, 0.5) is 0 Å². The number of amides is 1. The van der Waals surface area contributed by atoms with Crippen LogP contribution in [0.15, 0.2) is 0 Å². The first-order valence-corrected chi connectivity index (χ1v) is 7.46. The number of aryl methyl sites for hydroxylation is 2. The number of carbonyl (C=O) groups is 1. The number of hydrogen-bond donors (Lipinski definition) is 0. The monoisotopic (exact) mass is 318 g/mol. The second-order valence-corrected chi connectivity index (χ2v) is 5.90. The Kier molecular flexibility index (Phi) is 4.17. The molecule has 1 atom stereocenters. The van der Waals surface area contributed by atoms with Gasteiger partial charge in [-0.25, -0.2) is 4.98 Å². The summed E-state index contributed by atoms with van der Waals surface area (Å²) in [7, 11) is 0. The van der Waals surface area contributed by atoms with E-state index in [0.29, 0.717) is 19.7 Å². The summed E-state index contributed by atoms with van der Waals surface area (Å²) in [6, 6.07) is 0. The zero-order valence-corrected chi connectivity index (χ0v) is 12.3. The van der Waals surface area contributed by atoms with Gasteiger partial charge in [0.2, 0.25) is 0 Å². The zero-order chi connectivity index (χ0) is 12.4. The van der Waals surface area contributed by atoms with E-state index in [1.165, 1.54) is 11.3 Å². The van der Waals surface area contributed by atoms with Crippen LogP contribution >= 0.6 is 27.3 Å². The van der Waals surface area contributed by atoms with E-state index in [1.807, 2.05) is 18.7 Å². The quantitative estimate of drug-likeness (QED) is 0.783. The maximum absolute atomic E-state index is 12.3. The molecule has 4 nitrogen and oxygen atoms in total. The summed E-state index contributed by atoms with van der Waals surface area (Å²) in [6.07, 6.45) is 0.0991. The molecule has 17 heavy (non-hydrogen) atoms. The van der Waals surface area contributed by atoms with Gasteiger partial charge in [0.05, 0.1) is 23.4 Å². The number of halogens is 1. The highest BCUT2D eigenvalue weighted by Crippen LogP contribution is 2.20. The van der Waals surface area contributed by atoms with Gasteiger partial charge in [0.1, 0.15) is 4.88 Å². The maximum Gasteiger partial charge on any atom is 0.266 e. The number of morpholine rings is 1. The van der Waals surface area contributed by atoms with Gasteiger partial charge in [0, 0.05) is 18.4 Å². The number of carbonyl (C=O) groups excluding carboxylic acids is 1. The van der Waals surface area contributed by atoms with Crippen LogP contribution < -0.4 is 0 Å². The smallest absolute Gasteiger partial charge is 0.266 e. The van der Waals surface area contributed by atoms with Gasteiger partial charge in [-0.3, -0.25) is 4.79 Å². The Labute approximate surface area is 113 Å². The number of aromatic nitrogens is 1. The van der Waals surface area contributed by atoms with Crippen LogP contribution in [0.25, 0.3) is 0 Å². The predicted octanol–water partition coefficient (Wildman–Crippen LogP) is 2.00. The Morgan fingerprint density at radius 2 is 2.41 bits per heavy atom. The first kappa shape index (κ1) is 13.0. The number of ether oxygens (including phenoxy) is 1. The number of rotatable bonds is 2. The average Bonchev–Trinajstić information content (AvgIpc) is 2.67. The minimum Gasteiger partial charge on any atom is -0.374 e. The van der Waals surface area contributed by atoms with E-state index in [0.717, 1.165) is 20.9 Å². The van der Waals surface area contributed by atoms with Crippen LogP contribution in [0, 0.1) is 13.8 Å². The van der Waals surface area contributed by atoms with E-state index < -0.39 is 0 Å². The minimum absolute atomic E-state index is 0.0855. The number of alkyl halides is 1. The lowest BCUT2D eigenvalue weighted by Crippen LogP contribution is -2.46. The van der Waals surface area contributed by atoms with Crippen LogP contribution in [0.3, 0.4) is 0 Å². The van der Waals surface area contributed by atoms with Crippen LogP contribution in [-0.4, -0.2) is 46.9 Å². The Hall–Kier alpha value is -0.460. The summed E-state index contributed by atoms with van der Waals surface area (Å²) in [4.78, 5) is 19.2. The summed E-state index contributed by atoms with van der Waals surface area (Å²) in [5, 5.41) is 1.70. The van der Waals surface area contributed by atoms with Gasteiger partial charge in [-0.05, 0) is 13.8 Å². The first-order valence-electron chi connectivity index (χ1n) is 5.52. The molecule has 0 radical (unpaired) electrons. The van der Waals surface area contributed by atoms with Crippen LogP contribution in [0.5, 0.6) is 0 Å². The largest absolute Gasteiger partial charge is 0.374 e. The van der Waals surface area contributed by atoms with Crippen molar-refractivity contribution in [3.05, 3.63) is 15.6 Å². The molecule has 94 valence electrons. The first-order chi connectivity index (χ1) is 8.11. The summed E-state index contributed by atoms with van der Waals surface area (Å²) in [5.74, 6) is 0.0855. The Bertz CT molecular complexity index is 422. The molecule has 0 aliphatic carbocycles. The minimum atomic E-state index is 0.0855. The van der Waals surface area contributed by atoms with Crippen molar-refractivity contribution < 1.29 is 9.53 Å². The molecule has 1 unspecified atom stereocenters. The highest BCUT2D eigenvalue weighted by Gasteiger charge is 2.26. The molecule has 2 heterocycles. The highest BCUT2D eigenvalue weighted by atomic mass is 79.9. The Morgan fingerprint density at radius 1 is 1.65 bits per heavy atom. The number of thiazole rings is 1. The van der Waals surface area contributed by atoms with Gasteiger partial charge >= 0.3 is 0 Å². The molecule has 0 saturated carbocycles. The fourth-order valence-electron chi connectivity index (χ4n) is 1.87. The van der Waals surface area contributed by atoms with Gasteiger partial charge in [-0.15, -0.1) is 11.3 Å². The molecule has 0 N–H and O–H groups in total. The highest BCUT2D eigenvalue weighted by molar-refractivity contribution is 9.09. The molecule has 1 aliphatic rings. The fourth-order valence-corrected chi connectivity index (χ4v) is 3.15. The SMILES string of the molecule is Cc1nc(C)c(C(=O)N2CCOC(CBr)C2)s1. The molecule has 1 aromatic rings. The zero-order valence-electron chi connectivity index (χ0n) is 9.90. The summed E-state index contributed by atoms with van der Waals surface area (Å²) in [6.45, 7) is 5.74. The molecule has 1 amide bonds. The normalized spacial score (nSPS) is 20.6. The second kappa shape index (κ2) is 5.46. The molecule has 0 spiro atoms. The summed E-state index contributed by atoms with van der Waals surface area (Å²) >= 11 is 4.86. The number of nitrogens with zero attached hydrogens (tertiary/aromatic N) is 2.